The third-order valence-electron chi connectivity index (χ3n) is 4.97. The molecule has 0 saturated heterocycles. The predicted molar refractivity (Wildman–Crippen MR) is 119 cm³/mol. The summed E-state index contributed by atoms with van der Waals surface area (Å²) in [6.07, 6.45) is 2.78. The van der Waals surface area contributed by atoms with Crippen molar-refractivity contribution in [2.24, 2.45) is 5.92 Å². The number of nitrogens with zero attached hydrogens (tertiary/aromatic N) is 1. The lowest BCUT2D eigenvalue weighted by Gasteiger charge is -2.13. The largest absolute Gasteiger partial charge is 0.481 e. The maximum atomic E-state index is 11.7. The zero-order chi connectivity index (χ0) is 20.4. The van der Waals surface area contributed by atoms with E-state index in [1.54, 1.807) is 17.4 Å². The van der Waals surface area contributed by atoms with Crippen LogP contribution in [0.4, 0.5) is 5.13 Å². The zero-order valence-electron chi connectivity index (χ0n) is 15.6. The summed E-state index contributed by atoms with van der Waals surface area (Å²) in [6.45, 7) is 0.322. The Balaban J connectivity index is 1.52. The molecule has 1 fully saturated rings. The molecular weight excluding hydrogens is 427 g/mol. The average Bonchev–Trinajstić information content (AvgIpc) is 3.47. The van der Waals surface area contributed by atoms with E-state index in [9.17, 15) is 9.90 Å². The van der Waals surface area contributed by atoms with Crippen molar-refractivity contribution in [2.45, 2.75) is 25.2 Å². The molecule has 7 heteroatoms. The molecule has 0 spiro atoms. The second-order valence-corrected chi connectivity index (χ2v) is 9.09. The molecule has 4 rings (SSSR count). The molecule has 1 atom stereocenters. The normalized spacial score (nSPS) is 14.6. The van der Waals surface area contributed by atoms with Crippen LogP contribution in [-0.4, -0.2) is 22.6 Å². The number of hydrogen-bond donors (Lipinski definition) is 2. The first-order valence-electron chi connectivity index (χ1n) is 9.48. The Labute approximate surface area is 183 Å². The predicted octanol–water partition coefficient (Wildman–Crippen LogP) is 6.35. The molecule has 0 amide bonds. The summed E-state index contributed by atoms with van der Waals surface area (Å²) in [7, 11) is 0. The smallest absolute Gasteiger partial charge is 0.308 e. The topological polar surface area (TPSA) is 62.2 Å². The molecule has 0 radical (unpaired) electrons. The van der Waals surface area contributed by atoms with E-state index >= 15 is 0 Å². The van der Waals surface area contributed by atoms with Gasteiger partial charge in [0.05, 0.1) is 21.7 Å². The minimum absolute atomic E-state index is 0.322. The van der Waals surface area contributed by atoms with Gasteiger partial charge < -0.3 is 10.4 Å². The Bertz CT molecular complexity index is 1020. The van der Waals surface area contributed by atoms with Gasteiger partial charge in [0.2, 0.25) is 0 Å². The molecule has 1 aliphatic carbocycles. The van der Waals surface area contributed by atoms with Gasteiger partial charge in [0.1, 0.15) is 0 Å². The maximum Gasteiger partial charge on any atom is 0.308 e. The summed E-state index contributed by atoms with van der Waals surface area (Å²) < 4.78 is 0. The van der Waals surface area contributed by atoms with Crippen LogP contribution in [0.3, 0.4) is 0 Å². The number of carboxylic acids is 1. The number of hydrogen-bond acceptors (Lipinski definition) is 4. The first-order chi connectivity index (χ1) is 14.0. The van der Waals surface area contributed by atoms with Crippen molar-refractivity contribution in [2.75, 3.05) is 11.9 Å². The molecule has 3 aromatic rings. The molecule has 4 nitrogen and oxygen atoms in total. The van der Waals surface area contributed by atoms with Crippen LogP contribution < -0.4 is 5.32 Å². The molecule has 1 heterocycles. The number of halogens is 2. The van der Waals surface area contributed by atoms with Crippen LogP contribution in [0.25, 0.3) is 11.3 Å². The van der Waals surface area contributed by atoms with E-state index in [0.717, 1.165) is 34.8 Å². The first-order valence-corrected chi connectivity index (χ1v) is 11.0. The fourth-order valence-electron chi connectivity index (χ4n) is 3.24. The number of carboxylic acid groups (broad SMARTS) is 1. The number of thiazole rings is 1. The van der Waals surface area contributed by atoms with E-state index < -0.39 is 11.9 Å². The number of benzene rings is 2. The van der Waals surface area contributed by atoms with Crippen LogP contribution in [-0.2, 0) is 11.2 Å². The van der Waals surface area contributed by atoms with Crippen LogP contribution in [0.5, 0.6) is 0 Å². The van der Waals surface area contributed by atoms with Gasteiger partial charge in [-0.2, -0.15) is 0 Å². The fraction of sp³-hybridized carbons (Fsp3) is 0.273. The molecule has 1 unspecified atom stereocenters. The Kier molecular flexibility index (Phi) is 6.09. The summed E-state index contributed by atoms with van der Waals surface area (Å²) in [5, 5.41) is 14.6. The molecular formula is C22H20Cl2N2O2S. The third-order valence-corrected chi connectivity index (χ3v) is 6.88. The quantitative estimate of drug-likeness (QED) is 0.423. The SMILES string of the molecule is O=C(O)C(CNc1nc(-c2ccc(Cl)c(Cl)c2)c(C2CC2)s1)Cc1ccccc1. The number of anilines is 1. The van der Waals surface area contributed by atoms with Crippen molar-refractivity contribution in [3.63, 3.8) is 0 Å². The van der Waals surface area contributed by atoms with E-state index in [0.29, 0.717) is 28.9 Å². The van der Waals surface area contributed by atoms with E-state index in [-0.39, 0.29) is 0 Å². The highest BCUT2D eigenvalue weighted by atomic mass is 35.5. The van der Waals surface area contributed by atoms with Crippen molar-refractivity contribution in [3.05, 3.63) is 69.0 Å². The Morgan fingerprint density at radius 1 is 1.17 bits per heavy atom. The summed E-state index contributed by atoms with van der Waals surface area (Å²) in [6, 6.07) is 15.2. The summed E-state index contributed by atoms with van der Waals surface area (Å²) >= 11 is 13.9. The van der Waals surface area contributed by atoms with Crippen LogP contribution in [0.2, 0.25) is 10.0 Å². The lowest BCUT2D eigenvalue weighted by Crippen LogP contribution is -2.25. The standard InChI is InChI=1S/C22H20Cl2N2O2S/c23-17-9-8-15(11-18(17)24)19-20(14-6-7-14)29-22(26-19)25-12-16(21(27)28)10-13-4-2-1-3-5-13/h1-5,8-9,11,14,16H,6-7,10,12H2,(H,25,26)(H,27,28). The van der Waals surface area contributed by atoms with E-state index in [1.165, 1.54) is 4.88 Å². The Morgan fingerprint density at radius 2 is 1.93 bits per heavy atom. The minimum Gasteiger partial charge on any atom is -0.481 e. The van der Waals surface area contributed by atoms with E-state index in [1.807, 2.05) is 42.5 Å². The van der Waals surface area contributed by atoms with Crippen LogP contribution in [0.1, 0.15) is 29.2 Å². The number of aliphatic carboxylic acids is 1. The highest BCUT2D eigenvalue weighted by Crippen LogP contribution is 2.48. The summed E-state index contributed by atoms with van der Waals surface area (Å²) in [5.74, 6) is -0.823. The van der Waals surface area contributed by atoms with Gasteiger partial charge in [-0.25, -0.2) is 4.98 Å². The van der Waals surface area contributed by atoms with Crippen molar-refractivity contribution in [1.29, 1.82) is 0 Å². The number of rotatable bonds is 8. The van der Waals surface area contributed by atoms with E-state index in [2.05, 4.69) is 5.32 Å². The molecule has 1 saturated carbocycles. The molecule has 1 aromatic heterocycles. The second-order valence-electron chi connectivity index (χ2n) is 7.24. The van der Waals surface area contributed by atoms with Crippen molar-refractivity contribution >= 4 is 45.6 Å². The molecule has 1 aliphatic rings. The summed E-state index contributed by atoms with van der Waals surface area (Å²) in [5.41, 5.74) is 2.86. The fourth-order valence-corrected chi connectivity index (χ4v) is 4.70. The van der Waals surface area contributed by atoms with Crippen molar-refractivity contribution in [1.82, 2.24) is 4.98 Å². The Morgan fingerprint density at radius 3 is 2.59 bits per heavy atom. The summed E-state index contributed by atoms with van der Waals surface area (Å²) in [4.78, 5) is 17.7. The van der Waals surface area contributed by atoms with Crippen LogP contribution in [0.15, 0.2) is 48.5 Å². The lowest BCUT2D eigenvalue weighted by atomic mass is 9.99. The van der Waals surface area contributed by atoms with Crippen LogP contribution in [0, 0.1) is 5.92 Å². The van der Waals surface area contributed by atoms with Gasteiger partial charge in [0.15, 0.2) is 5.13 Å². The second kappa shape index (κ2) is 8.74. The minimum atomic E-state index is -0.815. The monoisotopic (exact) mass is 446 g/mol. The zero-order valence-corrected chi connectivity index (χ0v) is 17.9. The lowest BCUT2D eigenvalue weighted by molar-refractivity contribution is -0.141. The van der Waals surface area contributed by atoms with E-state index in [4.69, 9.17) is 28.2 Å². The van der Waals surface area contributed by atoms with Gasteiger partial charge in [-0.05, 0) is 42.9 Å². The van der Waals surface area contributed by atoms with Crippen LogP contribution >= 0.6 is 34.5 Å². The van der Waals surface area contributed by atoms with Gasteiger partial charge in [-0.15, -0.1) is 11.3 Å². The Hall–Kier alpha value is -2.08. The molecule has 0 aliphatic heterocycles. The van der Waals surface area contributed by atoms with Crippen molar-refractivity contribution < 1.29 is 9.90 Å². The molecule has 2 N–H and O–H groups in total. The molecule has 0 bridgehead atoms. The maximum absolute atomic E-state index is 11.7. The number of carbonyl (C=O) groups is 1. The molecule has 150 valence electrons. The molecule has 29 heavy (non-hydrogen) atoms. The highest BCUT2D eigenvalue weighted by molar-refractivity contribution is 7.16. The number of nitrogens with one attached hydrogen (secondary N) is 1. The average molecular weight is 447 g/mol. The van der Waals surface area contributed by atoms with Gasteiger partial charge in [0, 0.05) is 17.0 Å². The first kappa shape index (κ1) is 20.2. The third kappa shape index (κ3) is 4.92. The molecule has 2 aromatic carbocycles. The van der Waals surface area contributed by atoms with Gasteiger partial charge in [-0.3, -0.25) is 4.79 Å². The van der Waals surface area contributed by atoms with Gasteiger partial charge in [-0.1, -0.05) is 59.6 Å². The highest BCUT2D eigenvalue weighted by Gasteiger charge is 2.30. The van der Waals surface area contributed by atoms with Crippen molar-refractivity contribution in [3.8, 4) is 11.3 Å². The van der Waals surface area contributed by atoms with Gasteiger partial charge >= 0.3 is 5.97 Å². The van der Waals surface area contributed by atoms with Gasteiger partial charge in [0.25, 0.3) is 0 Å². The number of aromatic nitrogens is 1.